The van der Waals surface area contributed by atoms with Crippen molar-refractivity contribution < 1.29 is 9.47 Å². The van der Waals surface area contributed by atoms with E-state index in [0.717, 1.165) is 18.0 Å². The monoisotopic (exact) mass is 261 g/mol. The third-order valence-electron chi connectivity index (χ3n) is 4.19. The van der Waals surface area contributed by atoms with Gasteiger partial charge in [-0.05, 0) is 44.0 Å². The smallest absolute Gasteiger partial charge is 0.161 e. The van der Waals surface area contributed by atoms with Gasteiger partial charge in [-0.25, -0.2) is 0 Å². The third kappa shape index (κ3) is 2.44. The lowest BCUT2D eigenvalue weighted by Gasteiger charge is -2.25. The fourth-order valence-corrected chi connectivity index (χ4v) is 2.81. The van der Waals surface area contributed by atoms with E-state index < -0.39 is 0 Å². The van der Waals surface area contributed by atoms with Crippen LogP contribution in [0.5, 0.6) is 11.5 Å². The van der Waals surface area contributed by atoms with Crippen molar-refractivity contribution in [1.29, 1.82) is 0 Å². The fraction of sp³-hybridized carbons (Fsp3) is 0.625. The Morgan fingerprint density at radius 3 is 2.47 bits per heavy atom. The van der Waals surface area contributed by atoms with Crippen molar-refractivity contribution in [2.45, 2.75) is 39.2 Å². The Hall–Kier alpha value is -1.22. The zero-order valence-corrected chi connectivity index (χ0v) is 12.1. The van der Waals surface area contributed by atoms with Crippen LogP contribution in [0.4, 0.5) is 0 Å². The summed E-state index contributed by atoms with van der Waals surface area (Å²) in [7, 11) is 0. The molecule has 1 unspecified atom stereocenters. The topological polar surface area (TPSA) is 30.5 Å². The number of nitrogens with one attached hydrogen (secondary N) is 1. The van der Waals surface area contributed by atoms with Crippen molar-refractivity contribution in [2.24, 2.45) is 5.41 Å². The maximum atomic E-state index is 5.96. The summed E-state index contributed by atoms with van der Waals surface area (Å²) in [5, 5.41) is 3.59. The van der Waals surface area contributed by atoms with Crippen molar-refractivity contribution in [2.75, 3.05) is 19.8 Å². The van der Waals surface area contributed by atoms with Crippen LogP contribution in [-0.2, 0) is 5.54 Å². The summed E-state index contributed by atoms with van der Waals surface area (Å²) < 4.78 is 11.8. The molecule has 3 nitrogen and oxygen atoms in total. The molecule has 0 aromatic heterocycles. The molecule has 0 spiro atoms. The summed E-state index contributed by atoms with van der Waals surface area (Å²) >= 11 is 0. The molecule has 19 heavy (non-hydrogen) atoms. The Balaban J connectivity index is 1.90. The molecule has 3 heteroatoms. The molecule has 0 saturated carbocycles. The molecule has 1 N–H and O–H groups in total. The van der Waals surface area contributed by atoms with Gasteiger partial charge in [-0.15, -0.1) is 0 Å². The molecule has 1 aromatic carbocycles. The largest absolute Gasteiger partial charge is 0.489 e. The van der Waals surface area contributed by atoms with Crippen LogP contribution < -0.4 is 14.8 Å². The molecule has 0 radical (unpaired) electrons. The van der Waals surface area contributed by atoms with Gasteiger partial charge in [0.1, 0.15) is 0 Å². The fourth-order valence-electron chi connectivity index (χ4n) is 2.81. The molecule has 1 saturated heterocycles. The van der Waals surface area contributed by atoms with Gasteiger partial charge in [0.05, 0.1) is 13.2 Å². The molecular formula is C16H23NO2. The van der Waals surface area contributed by atoms with Gasteiger partial charge in [0.2, 0.25) is 0 Å². The van der Waals surface area contributed by atoms with Gasteiger partial charge in [0.15, 0.2) is 11.5 Å². The van der Waals surface area contributed by atoms with Crippen LogP contribution in [0.3, 0.4) is 0 Å². The summed E-state index contributed by atoms with van der Waals surface area (Å²) in [6.45, 7) is 9.10. The van der Waals surface area contributed by atoms with Gasteiger partial charge >= 0.3 is 0 Å². The lowest BCUT2D eigenvalue weighted by molar-refractivity contribution is 0.140. The second-order valence-corrected chi connectivity index (χ2v) is 6.77. The summed E-state index contributed by atoms with van der Waals surface area (Å²) in [5.41, 5.74) is 1.45. The molecule has 2 heterocycles. The molecule has 3 rings (SSSR count). The maximum absolute atomic E-state index is 5.96. The number of hydrogen-bond donors (Lipinski definition) is 1. The molecule has 2 aliphatic heterocycles. The average molecular weight is 261 g/mol. The van der Waals surface area contributed by atoms with Crippen molar-refractivity contribution >= 4 is 0 Å². The van der Waals surface area contributed by atoms with E-state index in [-0.39, 0.29) is 11.0 Å². The van der Waals surface area contributed by atoms with Crippen LogP contribution in [-0.4, -0.2) is 19.8 Å². The van der Waals surface area contributed by atoms with Crippen LogP contribution in [0, 0.1) is 5.41 Å². The Labute approximate surface area is 115 Å². The van der Waals surface area contributed by atoms with Gasteiger partial charge < -0.3 is 14.8 Å². The van der Waals surface area contributed by atoms with E-state index in [9.17, 15) is 0 Å². The highest BCUT2D eigenvalue weighted by Crippen LogP contribution is 2.38. The minimum atomic E-state index is 0.0642. The van der Waals surface area contributed by atoms with Crippen LogP contribution >= 0.6 is 0 Å². The van der Waals surface area contributed by atoms with E-state index in [2.05, 4.69) is 44.3 Å². The number of rotatable bonds is 1. The van der Waals surface area contributed by atoms with Crippen molar-refractivity contribution in [3.63, 3.8) is 0 Å². The Bertz CT molecular complexity index is 476. The third-order valence-corrected chi connectivity index (χ3v) is 4.19. The average Bonchev–Trinajstić information content (AvgIpc) is 2.76. The minimum Gasteiger partial charge on any atom is -0.489 e. The molecule has 0 bridgehead atoms. The van der Waals surface area contributed by atoms with E-state index in [1.165, 1.54) is 18.4 Å². The Morgan fingerprint density at radius 1 is 1.05 bits per heavy atom. The molecule has 1 atom stereocenters. The molecule has 1 aromatic rings. The number of hydrogen-bond acceptors (Lipinski definition) is 3. The summed E-state index contributed by atoms with van der Waals surface area (Å²) in [6, 6.07) is 6.37. The van der Waals surface area contributed by atoms with Gasteiger partial charge in [-0.2, -0.15) is 0 Å². The highest BCUT2D eigenvalue weighted by Gasteiger charge is 2.32. The first-order valence-corrected chi connectivity index (χ1v) is 7.14. The van der Waals surface area contributed by atoms with Crippen LogP contribution in [0.15, 0.2) is 18.2 Å². The second kappa shape index (κ2) is 4.41. The van der Waals surface area contributed by atoms with Crippen molar-refractivity contribution in [3.05, 3.63) is 23.8 Å². The lowest BCUT2D eigenvalue weighted by atomic mass is 9.90. The van der Waals surface area contributed by atoms with E-state index in [4.69, 9.17) is 9.47 Å². The summed E-state index contributed by atoms with van der Waals surface area (Å²) in [6.07, 6.45) is 2.41. The van der Waals surface area contributed by atoms with Gasteiger partial charge in [-0.3, -0.25) is 0 Å². The van der Waals surface area contributed by atoms with E-state index in [1.807, 2.05) is 0 Å². The maximum Gasteiger partial charge on any atom is 0.161 e. The first-order chi connectivity index (χ1) is 8.99. The number of ether oxygens (including phenoxy) is 2. The number of benzene rings is 1. The van der Waals surface area contributed by atoms with E-state index in [0.29, 0.717) is 13.2 Å². The molecule has 0 amide bonds. The second-order valence-electron chi connectivity index (χ2n) is 6.77. The molecule has 1 fully saturated rings. The highest BCUT2D eigenvalue weighted by atomic mass is 16.5. The summed E-state index contributed by atoms with van der Waals surface area (Å²) in [4.78, 5) is 0. The number of fused-ring (bicyclic) bond motifs is 1. The quantitative estimate of drug-likeness (QED) is 0.842. The van der Waals surface area contributed by atoms with E-state index >= 15 is 0 Å². The first-order valence-electron chi connectivity index (χ1n) is 7.14. The predicted molar refractivity (Wildman–Crippen MR) is 75.8 cm³/mol. The van der Waals surface area contributed by atoms with Crippen LogP contribution in [0.2, 0.25) is 0 Å². The first kappa shape index (κ1) is 12.8. The Kier molecular flexibility index (Phi) is 2.97. The summed E-state index contributed by atoms with van der Waals surface area (Å²) in [5.74, 6) is 1.76. The standard InChI is InChI=1S/C16H23NO2/c1-15(2)10-18-13-6-5-12(9-14(13)19-11-15)16(3)7-4-8-17-16/h5-6,9,17H,4,7-8,10-11H2,1-3H3. The Morgan fingerprint density at radius 2 is 1.79 bits per heavy atom. The van der Waals surface area contributed by atoms with Gasteiger partial charge in [0, 0.05) is 11.0 Å². The lowest BCUT2D eigenvalue weighted by Crippen LogP contribution is -2.33. The van der Waals surface area contributed by atoms with Gasteiger partial charge in [-0.1, -0.05) is 19.9 Å². The minimum absolute atomic E-state index is 0.0642. The SMILES string of the molecule is CC1(C)COc2ccc(C3(C)CCCN3)cc2OC1. The highest BCUT2D eigenvalue weighted by molar-refractivity contribution is 5.45. The van der Waals surface area contributed by atoms with Crippen molar-refractivity contribution in [1.82, 2.24) is 5.32 Å². The van der Waals surface area contributed by atoms with Gasteiger partial charge in [0.25, 0.3) is 0 Å². The normalized spacial score (nSPS) is 29.0. The zero-order valence-electron chi connectivity index (χ0n) is 12.1. The predicted octanol–water partition coefficient (Wildman–Crippen LogP) is 3.08. The molecule has 2 aliphatic rings. The zero-order chi connectivity index (χ0) is 13.5. The van der Waals surface area contributed by atoms with Crippen LogP contribution in [0.25, 0.3) is 0 Å². The molecule has 104 valence electrons. The molecular weight excluding hydrogens is 238 g/mol. The molecule has 0 aliphatic carbocycles. The van der Waals surface area contributed by atoms with Crippen LogP contribution in [0.1, 0.15) is 39.2 Å². The van der Waals surface area contributed by atoms with E-state index in [1.54, 1.807) is 0 Å². The van der Waals surface area contributed by atoms with Crippen molar-refractivity contribution in [3.8, 4) is 11.5 Å².